The zero-order chi connectivity index (χ0) is 18.7. The number of hydrogen-bond acceptors (Lipinski definition) is 3. The van der Waals surface area contributed by atoms with E-state index in [0.717, 1.165) is 20.9 Å². The van der Waals surface area contributed by atoms with Gasteiger partial charge in [-0.05, 0) is 35.9 Å². The summed E-state index contributed by atoms with van der Waals surface area (Å²) in [4.78, 5) is 27.5. The number of fused-ring (bicyclic) bond motifs is 1. The van der Waals surface area contributed by atoms with Gasteiger partial charge in [-0.25, -0.2) is 0 Å². The highest BCUT2D eigenvalue weighted by molar-refractivity contribution is 9.10. The summed E-state index contributed by atoms with van der Waals surface area (Å²) in [5.41, 5.74) is 1.97. The number of hydrogen-bond donors (Lipinski definition) is 2. The second-order valence-corrected chi connectivity index (χ2v) is 7.13. The van der Waals surface area contributed by atoms with Crippen LogP contribution in [-0.4, -0.2) is 24.0 Å². The molecule has 0 aliphatic rings. The number of rotatable bonds is 5. The Kier molecular flexibility index (Phi) is 5.64. The monoisotopic (exact) mass is 434 g/mol. The first-order valence-corrected chi connectivity index (χ1v) is 9.05. The van der Waals surface area contributed by atoms with Gasteiger partial charge in [0.15, 0.2) is 0 Å². The van der Waals surface area contributed by atoms with Gasteiger partial charge in [0, 0.05) is 20.4 Å². The summed E-state index contributed by atoms with van der Waals surface area (Å²) in [6.07, 6.45) is 0.0325. The molecule has 0 saturated heterocycles. The van der Waals surface area contributed by atoms with Crippen LogP contribution in [0.25, 0.3) is 10.9 Å². The second kappa shape index (κ2) is 7.93. The number of carbonyl (C=O) groups is 2. The third-order valence-corrected chi connectivity index (χ3v) is 4.71. The molecule has 134 valence electrons. The van der Waals surface area contributed by atoms with Gasteiger partial charge in [-0.2, -0.15) is 0 Å². The normalized spacial score (nSPS) is 12.0. The summed E-state index contributed by atoms with van der Waals surface area (Å²) in [5.74, 6) is -0.718. The maximum atomic E-state index is 12.7. The molecule has 1 heterocycles. The summed E-state index contributed by atoms with van der Waals surface area (Å²) in [7, 11) is 1.32. The standard InChI is InChI=1S/C19H16BrClN2O3/c1-26-18(24)10-16(11-3-2-4-13(20)7-11)23-19(25)17-8-12-5-6-14(21)9-15(12)22-17/h2-9,16,22H,10H2,1H3,(H,23,25)/t16-/m1/s1. The van der Waals surface area contributed by atoms with Crippen LogP contribution in [0.3, 0.4) is 0 Å². The molecule has 0 spiro atoms. The minimum Gasteiger partial charge on any atom is -0.469 e. The molecule has 7 heteroatoms. The van der Waals surface area contributed by atoms with Crippen LogP contribution >= 0.6 is 27.5 Å². The van der Waals surface area contributed by atoms with Crippen molar-refractivity contribution in [2.24, 2.45) is 0 Å². The van der Waals surface area contributed by atoms with Crippen LogP contribution in [0.5, 0.6) is 0 Å². The molecule has 0 aliphatic carbocycles. The molecule has 0 radical (unpaired) electrons. The van der Waals surface area contributed by atoms with Gasteiger partial charge < -0.3 is 15.0 Å². The van der Waals surface area contributed by atoms with Crippen LogP contribution in [-0.2, 0) is 9.53 Å². The van der Waals surface area contributed by atoms with Crippen molar-refractivity contribution in [3.05, 3.63) is 69.3 Å². The number of esters is 1. The van der Waals surface area contributed by atoms with Gasteiger partial charge in [0.2, 0.25) is 0 Å². The Labute approximate surface area is 163 Å². The van der Waals surface area contributed by atoms with Crippen molar-refractivity contribution in [1.29, 1.82) is 0 Å². The summed E-state index contributed by atoms with van der Waals surface area (Å²) in [6.45, 7) is 0. The molecule has 1 atom stereocenters. The zero-order valence-electron chi connectivity index (χ0n) is 13.9. The van der Waals surface area contributed by atoms with Crippen LogP contribution < -0.4 is 5.32 Å². The van der Waals surface area contributed by atoms with Gasteiger partial charge in [-0.15, -0.1) is 0 Å². The number of H-pyrrole nitrogens is 1. The number of halogens is 2. The average molecular weight is 436 g/mol. The highest BCUT2D eigenvalue weighted by Crippen LogP contribution is 2.23. The number of aromatic amines is 1. The molecule has 3 aromatic rings. The lowest BCUT2D eigenvalue weighted by Crippen LogP contribution is -2.30. The van der Waals surface area contributed by atoms with E-state index in [-0.39, 0.29) is 12.3 Å². The molecule has 1 amide bonds. The Bertz CT molecular complexity index is 970. The lowest BCUT2D eigenvalue weighted by Gasteiger charge is -2.18. The lowest BCUT2D eigenvalue weighted by molar-refractivity contribution is -0.141. The van der Waals surface area contributed by atoms with Crippen LogP contribution in [0.2, 0.25) is 5.02 Å². The maximum Gasteiger partial charge on any atom is 0.307 e. The van der Waals surface area contributed by atoms with Crippen molar-refractivity contribution in [3.63, 3.8) is 0 Å². The molecule has 2 aromatic carbocycles. The number of ether oxygens (including phenoxy) is 1. The average Bonchev–Trinajstić information content (AvgIpc) is 3.04. The quantitative estimate of drug-likeness (QED) is 0.575. The van der Waals surface area contributed by atoms with E-state index in [1.807, 2.05) is 30.3 Å². The van der Waals surface area contributed by atoms with Gasteiger partial charge in [0.25, 0.3) is 5.91 Å². The Hall–Kier alpha value is -2.31. The van der Waals surface area contributed by atoms with Crippen molar-refractivity contribution in [2.75, 3.05) is 7.11 Å². The van der Waals surface area contributed by atoms with Crippen LogP contribution in [0.4, 0.5) is 0 Å². The Morgan fingerprint density at radius 3 is 2.77 bits per heavy atom. The third kappa shape index (κ3) is 4.26. The molecular weight excluding hydrogens is 420 g/mol. The molecule has 0 saturated carbocycles. The molecule has 1 aromatic heterocycles. The number of benzene rings is 2. The molecule has 0 unspecified atom stereocenters. The molecular formula is C19H16BrClN2O3. The van der Waals surface area contributed by atoms with E-state index in [9.17, 15) is 9.59 Å². The highest BCUT2D eigenvalue weighted by Gasteiger charge is 2.21. The fraction of sp³-hybridized carbons (Fsp3) is 0.158. The van der Waals surface area contributed by atoms with Gasteiger partial charge >= 0.3 is 5.97 Å². The fourth-order valence-corrected chi connectivity index (χ4v) is 3.27. The van der Waals surface area contributed by atoms with E-state index in [2.05, 4.69) is 26.2 Å². The van der Waals surface area contributed by atoms with E-state index < -0.39 is 12.0 Å². The first-order chi connectivity index (χ1) is 12.5. The van der Waals surface area contributed by atoms with Crippen molar-refractivity contribution in [3.8, 4) is 0 Å². The first kappa shape index (κ1) is 18.5. The van der Waals surface area contributed by atoms with Gasteiger partial charge in [-0.3, -0.25) is 9.59 Å². The van der Waals surface area contributed by atoms with Crippen LogP contribution in [0, 0.1) is 0 Å². The summed E-state index contributed by atoms with van der Waals surface area (Å²) in [6, 6.07) is 14.0. The van der Waals surface area contributed by atoms with Crippen molar-refractivity contribution in [1.82, 2.24) is 10.3 Å². The van der Waals surface area contributed by atoms with E-state index in [4.69, 9.17) is 16.3 Å². The topological polar surface area (TPSA) is 71.2 Å². The van der Waals surface area contributed by atoms with Crippen molar-refractivity contribution < 1.29 is 14.3 Å². The van der Waals surface area contributed by atoms with E-state index in [1.165, 1.54) is 7.11 Å². The number of methoxy groups -OCH3 is 1. The molecule has 3 rings (SSSR count). The van der Waals surface area contributed by atoms with Crippen LogP contribution in [0.15, 0.2) is 53.0 Å². The smallest absolute Gasteiger partial charge is 0.307 e. The molecule has 2 N–H and O–H groups in total. The molecule has 0 fully saturated rings. The van der Waals surface area contributed by atoms with E-state index >= 15 is 0 Å². The Morgan fingerprint density at radius 1 is 1.23 bits per heavy atom. The molecule has 5 nitrogen and oxygen atoms in total. The Balaban J connectivity index is 1.86. The number of aromatic nitrogens is 1. The van der Waals surface area contributed by atoms with Gasteiger partial charge in [0.1, 0.15) is 5.69 Å². The second-order valence-electron chi connectivity index (χ2n) is 5.78. The van der Waals surface area contributed by atoms with E-state index in [0.29, 0.717) is 10.7 Å². The van der Waals surface area contributed by atoms with Gasteiger partial charge in [0.05, 0.1) is 19.6 Å². The minimum atomic E-state index is -0.512. The molecule has 26 heavy (non-hydrogen) atoms. The Morgan fingerprint density at radius 2 is 2.04 bits per heavy atom. The predicted molar refractivity (Wildman–Crippen MR) is 104 cm³/mol. The van der Waals surface area contributed by atoms with Gasteiger partial charge in [-0.1, -0.05) is 45.7 Å². The minimum absolute atomic E-state index is 0.0325. The first-order valence-electron chi connectivity index (χ1n) is 7.87. The molecule has 0 aliphatic heterocycles. The summed E-state index contributed by atoms with van der Waals surface area (Å²) in [5, 5.41) is 4.36. The highest BCUT2D eigenvalue weighted by atomic mass is 79.9. The molecule has 0 bridgehead atoms. The van der Waals surface area contributed by atoms with Crippen molar-refractivity contribution in [2.45, 2.75) is 12.5 Å². The summed E-state index contributed by atoms with van der Waals surface area (Å²) < 4.78 is 5.62. The summed E-state index contributed by atoms with van der Waals surface area (Å²) >= 11 is 9.39. The van der Waals surface area contributed by atoms with Crippen molar-refractivity contribution >= 4 is 50.3 Å². The predicted octanol–water partition coefficient (Wildman–Crippen LogP) is 4.62. The zero-order valence-corrected chi connectivity index (χ0v) is 16.2. The number of nitrogens with one attached hydrogen (secondary N) is 2. The van der Waals surface area contributed by atoms with Crippen LogP contribution in [0.1, 0.15) is 28.5 Å². The maximum absolute atomic E-state index is 12.7. The number of carbonyl (C=O) groups excluding carboxylic acids is 2. The van der Waals surface area contributed by atoms with E-state index in [1.54, 1.807) is 18.2 Å². The SMILES string of the molecule is COC(=O)C[C@@H](NC(=O)c1cc2ccc(Cl)cc2[nH]1)c1cccc(Br)c1. The third-order valence-electron chi connectivity index (χ3n) is 3.98. The fourth-order valence-electron chi connectivity index (χ4n) is 2.68. The number of amides is 1. The lowest BCUT2D eigenvalue weighted by atomic mass is 10.0. The largest absolute Gasteiger partial charge is 0.469 e.